The van der Waals surface area contributed by atoms with Crippen LogP contribution in [0.1, 0.15) is 50.8 Å². The van der Waals surface area contributed by atoms with Gasteiger partial charge in [0, 0.05) is 25.2 Å². The van der Waals surface area contributed by atoms with Crippen molar-refractivity contribution in [2.75, 3.05) is 13.1 Å². The van der Waals surface area contributed by atoms with Crippen molar-refractivity contribution in [1.29, 1.82) is 0 Å². The molecule has 1 aromatic heterocycles. The summed E-state index contributed by atoms with van der Waals surface area (Å²) < 4.78 is 5.42. The Morgan fingerprint density at radius 3 is 2.67 bits per heavy atom. The van der Waals surface area contributed by atoms with Crippen LogP contribution >= 0.6 is 0 Å². The van der Waals surface area contributed by atoms with Gasteiger partial charge < -0.3 is 9.64 Å². The Hall–Kier alpha value is -1.84. The van der Waals surface area contributed by atoms with Crippen molar-refractivity contribution in [3.05, 3.63) is 36.2 Å². The summed E-state index contributed by atoms with van der Waals surface area (Å²) in [5.41, 5.74) is 1.75. The lowest BCUT2D eigenvalue weighted by Crippen LogP contribution is -2.41. The fraction of sp³-hybridized carbons (Fsp3) is 0.529. The zero-order valence-electron chi connectivity index (χ0n) is 13.1. The maximum absolute atomic E-state index is 12.1. The van der Waals surface area contributed by atoms with Gasteiger partial charge in [0.15, 0.2) is 0 Å². The van der Waals surface area contributed by atoms with Crippen molar-refractivity contribution in [3.63, 3.8) is 0 Å². The maximum atomic E-state index is 12.1. The van der Waals surface area contributed by atoms with Crippen LogP contribution in [0, 0.1) is 0 Å². The summed E-state index contributed by atoms with van der Waals surface area (Å²) in [5, 5.41) is 0. The summed E-state index contributed by atoms with van der Waals surface area (Å²) in [6.45, 7) is 10.9. The minimum atomic E-state index is -0.440. The molecular formula is C17H24N2O2. The molecule has 21 heavy (non-hydrogen) atoms. The number of hydrogen-bond donors (Lipinski definition) is 0. The van der Waals surface area contributed by atoms with Gasteiger partial charge in [0.05, 0.1) is 5.69 Å². The highest BCUT2D eigenvalue weighted by Gasteiger charge is 2.28. The number of likely N-dealkylation sites (tertiary alicyclic amines) is 1. The van der Waals surface area contributed by atoms with E-state index in [1.807, 2.05) is 45.2 Å². The third-order valence-corrected chi connectivity index (χ3v) is 3.62. The normalized spacial score (nSPS) is 16.6. The van der Waals surface area contributed by atoms with Crippen LogP contribution in [-0.4, -0.2) is 34.7 Å². The van der Waals surface area contributed by atoms with Crippen LogP contribution in [0.4, 0.5) is 4.79 Å². The number of piperidine rings is 1. The molecular weight excluding hydrogens is 264 g/mol. The molecule has 0 bridgehead atoms. The molecule has 2 rings (SSSR count). The topological polar surface area (TPSA) is 42.4 Å². The number of hydrogen-bond acceptors (Lipinski definition) is 3. The third-order valence-electron chi connectivity index (χ3n) is 3.62. The van der Waals surface area contributed by atoms with Crippen LogP contribution in [0.5, 0.6) is 0 Å². The van der Waals surface area contributed by atoms with Crippen LogP contribution in [0.15, 0.2) is 24.9 Å². The molecule has 1 aromatic rings. The standard InChI is InChI=1S/C17H24N2O2/c1-5-13-7-6-10-18-15(13)14-8-11-19(12-9-14)16(20)21-17(2,3)4/h5-7,10,14H,1,8-9,11-12H2,2-4H3. The molecule has 0 N–H and O–H groups in total. The van der Waals surface area contributed by atoms with Gasteiger partial charge in [-0.15, -0.1) is 0 Å². The Morgan fingerprint density at radius 2 is 2.10 bits per heavy atom. The van der Waals surface area contributed by atoms with E-state index in [4.69, 9.17) is 4.74 Å². The van der Waals surface area contributed by atoms with Gasteiger partial charge in [-0.1, -0.05) is 18.7 Å². The van der Waals surface area contributed by atoms with E-state index in [1.165, 1.54) is 0 Å². The van der Waals surface area contributed by atoms with Gasteiger partial charge in [0.1, 0.15) is 5.60 Å². The van der Waals surface area contributed by atoms with Gasteiger partial charge in [0.2, 0.25) is 0 Å². The van der Waals surface area contributed by atoms with E-state index in [-0.39, 0.29) is 6.09 Å². The number of amides is 1. The monoisotopic (exact) mass is 288 g/mol. The van der Waals surface area contributed by atoms with Crippen molar-refractivity contribution in [2.45, 2.75) is 45.1 Å². The second-order valence-corrected chi connectivity index (χ2v) is 6.42. The van der Waals surface area contributed by atoms with Crippen molar-refractivity contribution >= 4 is 12.2 Å². The minimum Gasteiger partial charge on any atom is -0.444 e. The predicted molar refractivity (Wildman–Crippen MR) is 84.1 cm³/mol. The Morgan fingerprint density at radius 1 is 1.43 bits per heavy atom. The fourth-order valence-corrected chi connectivity index (χ4v) is 2.61. The van der Waals surface area contributed by atoms with E-state index < -0.39 is 5.60 Å². The zero-order chi connectivity index (χ0) is 15.5. The number of nitrogens with zero attached hydrogens (tertiary/aromatic N) is 2. The van der Waals surface area contributed by atoms with E-state index in [0.29, 0.717) is 19.0 Å². The Bertz CT molecular complexity index is 512. The summed E-state index contributed by atoms with van der Waals surface area (Å²) in [6.07, 6.45) is 5.28. The molecule has 4 nitrogen and oxygen atoms in total. The summed E-state index contributed by atoms with van der Waals surface area (Å²) >= 11 is 0. The lowest BCUT2D eigenvalue weighted by Gasteiger charge is -2.33. The Labute approximate surface area is 126 Å². The molecule has 1 fully saturated rings. The first kappa shape index (κ1) is 15.5. The number of carbonyl (C=O) groups excluding carboxylic acids is 1. The van der Waals surface area contributed by atoms with Crippen molar-refractivity contribution in [1.82, 2.24) is 9.88 Å². The maximum Gasteiger partial charge on any atom is 0.410 e. The van der Waals surface area contributed by atoms with E-state index in [1.54, 1.807) is 4.90 Å². The summed E-state index contributed by atoms with van der Waals surface area (Å²) in [6, 6.07) is 3.96. The number of pyridine rings is 1. The lowest BCUT2D eigenvalue weighted by molar-refractivity contribution is 0.0204. The number of carbonyl (C=O) groups is 1. The second kappa shape index (κ2) is 6.29. The molecule has 4 heteroatoms. The van der Waals surface area contributed by atoms with Gasteiger partial charge in [-0.05, 0) is 45.2 Å². The zero-order valence-corrected chi connectivity index (χ0v) is 13.1. The largest absolute Gasteiger partial charge is 0.444 e. The van der Waals surface area contributed by atoms with Gasteiger partial charge in [0.25, 0.3) is 0 Å². The molecule has 114 valence electrons. The fourth-order valence-electron chi connectivity index (χ4n) is 2.61. The van der Waals surface area contributed by atoms with Crippen molar-refractivity contribution < 1.29 is 9.53 Å². The molecule has 0 unspecified atom stereocenters. The minimum absolute atomic E-state index is 0.217. The molecule has 0 saturated carbocycles. The van der Waals surface area contributed by atoms with Crippen LogP contribution < -0.4 is 0 Å². The average Bonchev–Trinajstić information content (AvgIpc) is 2.45. The highest BCUT2D eigenvalue weighted by atomic mass is 16.6. The summed E-state index contributed by atoms with van der Waals surface area (Å²) in [5.74, 6) is 0.387. The van der Waals surface area contributed by atoms with E-state index in [0.717, 1.165) is 24.1 Å². The van der Waals surface area contributed by atoms with Crippen LogP contribution in [0.25, 0.3) is 6.08 Å². The van der Waals surface area contributed by atoms with E-state index >= 15 is 0 Å². The number of rotatable bonds is 2. The summed E-state index contributed by atoms with van der Waals surface area (Å²) in [7, 11) is 0. The first-order chi connectivity index (χ1) is 9.90. The molecule has 0 aromatic carbocycles. The number of aromatic nitrogens is 1. The molecule has 1 aliphatic rings. The predicted octanol–water partition coefficient (Wildman–Crippen LogP) is 3.84. The first-order valence-corrected chi connectivity index (χ1v) is 7.46. The lowest BCUT2D eigenvalue weighted by atomic mass is 9.90. The van der Waals surface area contributed by atoms with Gasteiger partial charge in [-0.25, -0.2) is 4.79 Å². The van der Waals surface area contributed by atoms with Crippen molar-refractivity contribution in [3.8, 4) is 0 Å². The molecule has 1 amide bonds. The van der Waals surface area contributed by atoms with Gasteiger partial charge in [-0.2, -0.15) is 0 Å². The molecule has 0 aliphatic carbocycles. The molecule has 0 spiro atoms. The smallest absolute Gasteiger partial charge is 0.410 e. The van der Waals surface area contributed by atoms with E-state index in [2.05, 4.69) is 11.6 Å². The SMILES string of the molecule is C=Cc1cccnc1C1CCN(C(=O)OC(C)(C)C)CC1. The number of ether oxygens (including phenoxy) is 1. The molecule has 0 atom stereocenters. The highest BCUT2D eigenvalue weighted by molar-refractivity contribution is 5.68. The van der Waals surface area contributed by atoms with Crippen LogP contribution in [-0.2, 0) is 4.74 Å². The molecule has 1 aliphatic heterocycles. The van der Waals surface area contributed by atoms with E-state index in [9.17, 15) is 4.79 Å². The molecule has 2 heterocycles. The van der Waals surface area contributed by atoms with Gasteiger partial charge in [-0.3, -0.25) is 4.98 Å². The first-order valence-electron chi connectivity index (χ1n) is 7.46. The Balaban J connectivity index is 1.97. The molecule has 1 saturated heterocycles. The third kappa shape index (κ3) is 4.06. The quantitative estimate of drug-likeness (QED) is 0.830. The summed E-state index contributed by atoms with van der Waals surface area (Å²) in [4.78, 5) is 18.3. The van der Waals surface area contributed by atoms with Crippen LogP contribution in [0.3, 0.4) is 0 Å². The molecule has 0 radical (unpaired) electrons. The average molecular weight is 288 g/mol. The highest BCUT2D eigenvalue weighted by Crippen LogP contribution is 2.29. The Kier molecular flexibility index (Phi) is 4.66. The van der Waals surface area contributed by atoms with Gasteiger partial charge >= 0.3 is 6.09 Å². The van der Waals surface area contributed by atoms with Crippen LogP contribution in [0.2, 0.25) is 0 Å². The second-order valence-electron chi connectivity index (χ2n) is 6.42. The van der Waals surface area contributed by atoms with Crippen molar-refractivity contribution in [2.24, 2.45) is 0 Å².